The first-order valence-electron chi connectivity index (χ1n) is 6.74. The van der Waals surface area contributed by atoms with E-state index >= 15 is 0 Å². The zero-order chi connectivity index (χ0) is 14.7. The Kier molecular flexibility index (Phi) is 3.68. The molecule has 1 fully saturated rings. The summed E-state index contributed by atoms with van der Waals surface area (Å²) in [5.74, 6) is 0.652. The molecule has 3 rings (SSSR count). The lowest BCUT2D eigenvalue weighted by Crippen LogP contribution is -2.28. The number of carbonyl (C=O) groups excluding carboxylic acids is 2. The average Bonchev–Trinajstić information content (AvgIpc) is 3.11. The van der Waals surface area contributed by atoms with Gasteiger partial charge in [0, 0.05) is 19.2 Å². The first-order valence-corrected chi connectivity index (χ1v) is 6.74. The smallest absolute Gasteiger partial charge is 0.230 e. The zero-order valence-electron chi connectivity index (χ0n) is 11.4. The van der Waals surface area contributed by atoms with Crippen LogP contribution in [0.5, 0.6) is 0 Å². The number of hydrogen-bond donors (Lipinski definition) is 1. The number of amides is 2. The molecular weight excluding hydrogens is 270 g/mol. The predicted octanol–water partition coefficient (Wildman–Crippen LogP) is 1.66. The Bertz CT molecular complexity index is 625. The molecule has 6 nitrogen and oxygen atoms in total. The van der Waals surface area contributed by atoms with Crippen LogP contribution in [0.1, 0.15) is 12.2 Å². The molecule has 0 radical (unpaired) electrons. The van der Waals surface area contributed by atoms with Crippen molar-refractivity contribution in [3.05, 3.63) is 48.6 Å². The quantitative estimate of drug-likeness (QED) is 0.927. The van der Waals surface area contributed by atoms with Gasteiger partial charge in [-0.2, -0.15) is 0 Å². The molecule has 0 spiro atoms. The van der Waals surface area contributed by atoms with Gasteiger partial charge in [-0.15, -0.1) is 0 Å². The molecule has 2 amide bonds. The number of nitrogens with zero attached hydrogens (tertiary/aromatic N) is 2. The second-order valence-corrected chi connectivity index (χ2v) is 4.96. The first kappa shape index (κ1) is 13.4. The fourth-order valence-electron chi connectivity index (χ4n) is 2.36. The van der Waals surface area contributed by atoms with Crippen LogP contribution >= 0.6 is 0 Å². The monoisotopic (exact) mass is 285 g/mol. The van der Waals surface area contributed by atoms with Gasteiger partial charge in [-0.3, -0.25) is 9.59 Å². The van der Waals surface area contributed by atoms with Gasteiger partial charge in [0.05, 0.1) is 18.7 Å². The van der Waals surface area contributed by atoms with Crippen LogP contribution in [0.2, 0.25) is 0 Å². The minimum atomic E-state index is -0.352. The van der Waals surface area contributed by atoms with Gasteiger partial charge in [0.15, 0.2) is 0 Å². The van der Waals surface area contributed by atoms with Gasteiger partial charge in [0.1, 0.15) is 11.6 Å². The van der Waals surface area contributed by atoms with E-state index < -0.39 is 0 Å². The molecule has 1 N–H and O–H groups in total. The molecule has 1 aliphatic heterocycles. The number of rotatable bonds is 4. The largest absolute Gasteiger partial charge is 0.467 e. The maximum absolute atomic E-state index is 12.2. The van der Waals surface area contributed by atoms with Gasteiger partial charge in [-0.25, -0.2) is 4.98 Å². The second kappa shape index (κ2) is 5.78. The highest BCUT2D eigenvalue weighted by molar-refractivity contribution is 5.96. The summed E-state index contributed by atoms with van der Waals surface area (Å²) < 4.78 is 5.23. The van der Waals surface area contributed by atoms with Gasteiger partial charge >= 0.3 is 0 Å². The van der Waals surface area contributed by atoms with E-state index in [0.29, 0.717) is 24.7 Å². The summed E-state index contributed by atoms with van der Waals surface area (Å²) in [6, 6.07) is 8.89. The summed E-state index contributed by atoms with van der Waals surface area (Å²) in [6.45, 7) is 0.803. The van der Waals surface area contributed by atoms with E-state index in [1.165, 1.54) is 0 Å². The summed E-state index contributed by atoms with van der Waals surface area (Å²) >= 11 is 0. The summed E-state index contributed by atoms with van der Waals surface area (Å²) in [6.07, 6.45) is 3.40. The minimum Gasteiger partial charge on any atom is -0.467 e. The average molecular weight is 285 g/mol. The molecule has 6 heteroatoms. The molecule has 0 unspecified atom stereocenters. The summed E-state index contributed by atoms with van der Waals surface area (Å²) in [5.41, 5.74) is 0. The van der Waals surface area contributed by atoms with E-state index in [1.807, 2.05) is 6.07 Å². The van der Waals surface area contributed by atoms with Crippen molar-refractivity contribution < 1.29 is 14.0 Å². The van der Waals surface area contributed by atoms with E-state index in [9.17, 15) is 9.59 Å². The third kappa shape index (κ3) is 3.10. The standard InChI is InChI=1S/C15H15N3O3/c19-14-8-11(9-18(14)10-12-4-3-7-21-12)15(20)17-13-5-1-2-6-16-13/h1-7,11H,8-10H2,(H,16,17,20)/t11-/m0/s1. The topological polar surface area (TPSA) is 75.4 Å². The molecule has 1 atom stereocenters. The van der Waals surface area contributed by atoms with Gasteiger partial charge in [-0.1, -0.05) is 6.07 Å². The Labute approximate surface area is 121 Å². The molecule has 0 bridgehead atoms. The number of nitrogens with one attached hydrogen (secondary N) is 1. The lowest BCUT2D eigenvalue weighted by Gasteiger charge is -2.14. The fraction of sp³-hybridized carbons (Fsp3) is 0.267. The molecule has 2 aromatic heterocycles. The van der Waals surface area contributed by atoms with Crippen molar-refractivity contribution in [3.8, 4) is 0 Å². The third-order valence-corrected chi connectivity index (χ3v) is 3.43. The van der Waals surface area contributed by atoms with Gasteiger partial charge in [0.2, 0.25) is 11.8 Å². The van der Waals surface area contributed by atoms with Crippen LogP contribution in [0.3, 0.4) is 0 Å². The normalized spacial score (nSPS) is 18.0. The SMILES string of the molecule is O=C(Nc1ccccn1)[C@H]1CC(=O)N(Cc2ccco2)C1. The van der Waals surface area contributed by atoms with Gasteiger partial charge in [0.25, 0.3) is 0 Å². The Balaban J connectivity index is 1.60. The van der Waals surface area contributed by atoms with Crippen LogP contribution in [-0.2, 0) is 16.1 Å². The van der Waals surface area contributed by atoms with Gasteiger partial charge in [-0.05, 0) is 24.3 Å². The predicted molar refractivity (Wildman–Crippen MR) is 75.1 cm³/mol. The molecule has 3 heterocycles. The van der Waals surface area contributed by atoms with Crippen molar-refractivity contribution in [3.63, 3.8) is 0 Å². The number of aromatic nitrogens is 1. The lowest BCUT2D eigenvalue weighted by molar-refractivity contribution is -0.128. The van der Waals surface area contributed by atoms with Crippen molar-refractivity contribution >= 4 is 17.6 Å². The maximum Gasteiger partial charge on any atom is 0.230 e. The third-order valence-electron chi connectivity index (χ3n) is 3.43. The maximum atomic E-state index is 12.2. The van der Waals surface area contributed by atoms with Crippen LogP contribution in [0.25, 0.3) is 0 Å². The number of hydrogen-bond acceptors (Lipinski definition) is 4. The molecule has 21 heavy (non-hydrogen) atoms. The molecular formula is C15H15N3O3. The molecule has 0 aliphatic carbocycles. The number of anilines is 1. The van der Waals surface area contributed by atoms with Crippen molar-refractivity contribution in [2.24, 2.45) is 5.92 Å². The first-order chi connectivity index (χ1) is 10.2. The molecule has 108 valence electrons. The van der Waals surface area contributed by atoms with Crippen molar-refractivity contribution in [1.29, 1.82) is 0 Å². The summed E-state index contributed by atoms with van der Waals surface area (Å²) in [4.78, 5) is 29.8. The summed E-state index contributed by atoms with van der Waals surface area (Å²) in [5, 5.41) is 2.73. The Morgan fingerprint density at radius 2 is 2.29 bits per heavy atom. The Morgan fingerprint density at radius 3 is 3.00 bits per heavy atom. The molecule has 0 saturated carbocycles. The van der Waals surface area contributed by atoms with E-state index in [1.54, 1.807) is 41.6 Å². The summed E-state index contributed by atoms with van der Waals surface area (Å²) in [7, 11) is 0. The van der Waals surface area contributed by atoms with E-state index in [0.717, 1.165) is 0 Å². The second-order valence-electron chi connectivity index (χ2n) is 4.96. The van der Waals surface area contributed by atoms with Crippen LogP contribution in [0, 0.1) is 5.92 Å². The Hall–Kier alpha value is -2.63. The number of likely N-dealkylation sites (tertiary alicyclic amines) is 1. The van der Waals surface area contributed by atoms with Crippen molar-refractivity contribution in [2.75, 3.05) is 11.9 Å². The fourth-order valence-corrected chi connectivity index (χ4v) is 2.36. The number of carbonyl (C=O) groups is 2. The van der Waals surface area contributed by atoms with Crippen molar-refractivity contribution in [1.82, 2.24) is 9.88 Å². The zero-order valence-corrected chi connectivity index (χ0v) is 11.4. The van der Waals surface area contributed by atoms with E-state index in [-0.39, 0.29) is 24.2 Å². The van der Waals surface area contributed by atoms with Crippen LogP contribution < -0.4 is 5.32 Å². The van der Waals surface area contributed by atoms with Crippen molar-refractivity contribution in [2.45, 2.75) is 13.0 Å². The highest BCUT2D eigenvalue weighted by Crippen LogP contribution is 2.21. The number of pyridine rings is 1. The Morgan fingerprint density at radius 1 is 1.38 bits per heavy atom. The van der Waals surface area contributed by atoms with Crippen LogP contribution in [-0.4, -0.2) is 28.2 Å². The van der Waals surface area contributed by atoms with Crippen LogP contribution in [0.4, 0.5) is 5.82 Å². The number of furan rings is 1. The lowest BCUT2D eigenvalue weighted by atomic mass is 10.1. The van der Waals surface area contributed by atoms with Gasteiger partial charge < -0.3 is 14.6 Å². The molecule has 1 aliphatic rings. The molecule has 1 saturated heterocycles. The highest BCUT2D eigenvalue weighted by Gasteiger charge is 2.34. The molecule has 2 aromatic rings. The highest BCUT2D eigenvalue weighted by atomic mass is 16.3. The van der Waals surface area contributed by atoms with E-state index in [2.05, 4.69) is 10.3 Å². The van der Waals surface area contributed by atoms with E-state index in [4.69, 9.17) is 4.42 Å². The minimum absolute atomic E-state index is 0.0347. The van der Waals surface area contributed by atoms with Crippen LogP contribution in [0.15, 0.2) is 47.2 Å². The molecule has 0 aromatic carbocycles.